The van der Waals surface area contributed by atoms with Crippen molar-refractivity contribution < 1.29 is 19.1 Å². The molecule has 0 aromatic heterocycles. The first-order valence-corrected chi connectivity index (χ1v) is 9.11. The third-order valence-corrected chi connectivity index (χ3v) is 4.51. The lowest BCUT2D eigenvalue weighted by Gasteiger charge is -2.17. The maximum Gasteiger partial charge on any atom is 0.415 e. The highest BCUT2D eigenvalue weighted by molar-refractivity contribution is 9.10. The molecule has 26 heavy (non-hydrogen) atoms. The van der Waals surface area contributed by atoms with Crippen LogP contribution >= 0.6 is 15.9 Å². The van der Waals surface area contributed by atoms with E-state index >= 15 is 0 Å². The van der Waals surface area contributed by atoms with Crippen LogP contribution in [-0.2, 0) is 0 Å². The van der Waals surface area contributed by atoms with Gasteiger partial charge in [-0.05, 0) is 49.8 Å². The average Bonchev–Trinajstić information content (AvgIpc) is 2.91. The third-order valence-electron chi connectivity index (χ3n) is 4.01. The number of benzene rings is 2. The van der Waals surface area contributed by atoms with Crippen LogP contribution in [-0.4, -0.2) is 29.9 Å². The fourth-order valence-corrected chi connectivity index (χ4v) is 3.04. The first kappa shape index (κ1) is 18.2. The molecule has 0 saturated carbocycles. The van der Waals surface area contributed by atoms with Crippen molar-refractivity contribution in [2.45, 2.75) is 13.8 Å². The summed E-state index contributed by atoms with van der Waals surface area (Å²) in [5, 5.41) is 0. The number of carbonyl (C=O) groups excluding carboxylic acids is 2. The molecular weight excluding hydrogens is 398 g/mol. The average molecular weight is 416 g/mol. The molecular formula is C20H18BrNO4. The van der Waals surface area contributed by atoms with Gasteiger partial charge < -0.3 is 14.4 Å². The van der Waals surface area contributed by atoms with Crippen molar-refractivity contribution >= 4 is 33.9 Å². The van der Waals surface area contributed by atoms with Gasteiger partial charge >= 0.3 is 6.09 Å². The number of Topliss-reactive ketones (excluding diaryl/α,β-unsaturated/α-hetero) is 1. The third kappa shape index (κ3) is 3.80. The quantitative estimate of drug-likeness (QED) is 0.665. The van der Waals surface area contributed by atoms with Gasteiger partial charge in [-0.25, -0.2) is 4.79 Å². The summed E-state index contributed by atoms with van der Waals surface area (Å²) in [6.07, 6.45) is 1.26. The van der Waals surface area contributed by atoms with Gasteiger partial charge in [0.15, 0.2) is 5.76 Å². The molecule has 0 bridgehead atoms. The molecule has 0 spiro atoms. The number of hydrogen-bond acceptors (Lipinski definition) is 4. The van der Waals surface area contributed by atoms with Crippen molar-refractivity contribution in [1.29, 1.82) is 0 Å². The van der Waals surface area contributed by atoms with Crippen LogP contribution in [0, 0.1) is 0 Å². The van der Waals surface area contributed by atoms with Crippen LogP contribution < -0.4 is 9.47 Å². The van der Waals surface area contributed by atoms with Crippen LogP contribution in [0.2, 0.25) is 0 Å². The van der Waals surface area contributed by atoms with E-state index in [2.05, 4.69) is 15.9 Å². The summed E-state index contributed by atoms with van der Waals surface area (Å²) in [7, 11) is 0. The zero-order valence-corrected chi connectivity index (χ0v) is 16.1. The Morgan fingerprint density at radius 1 is 1.19 bits per heavy atom. The highest BCUT2D eigenvalue weighted by atomic mass is 79.9. The van der Waals surface area contributed by atoms with Crippen LogP contribution in [0.5, 0.6) is 11.5 Å². The van der Waals surface area contributed by atoms with Gasteiger partial charge in [-0.15, -0.1) is 0 Å². The van der Waals surface area contributed by atoms with Crippen molar-refractivity contribution in [3.63, 3.8) is 0 Å². The molecule has 1 aliphatic heterocycles. The Morgan fingerprint density at radius 3 is 2.65 bits per heavy atom. The maximum absolute atomic E-state index is 12.5. The number of ketones is 1. The normalized spacial score (nSPS) is 14.1. The Hall–Kier alpha value is -2.60. The molecule has 0 fully saturated rings. The molecule has 2 aromatic carbocycles. The monoisotopic (exact) mass is 415 g/mol. The molecule has 0 unspecified atom stereocenters. The topological polar surface area (TPSA) is 55.8 Å². The minimum absolute atomic E-state index is 0.193. The Kier molecular flexibility index (Phi) is 5.42. The fraction of sp³-hybridized carbons (Fsp3) is 0.200. The van der Waals surface area contributed by atoms with Gasteiger partial charge in [0.2, 0.25) is 5.78 Å². The van der Waals surface area contributed by atoms with Crippen LogP contribution in [0.4, 0.5) is 4.79 Å². The van der Waals surface area contributed by atoms with Crippen LogP contribution in [0.15, 0.2) is 52.7 Å². The molecule has 1 heterocycles. The Balaban J connectivity index is 1.81. The van der Waals surface area contributed by atoms with Crippen molar-refractivity contribution in [3.8, 4) is 11.5 Å². The predicted octanol–water partition coefficient (Wildman–Crippen LogP) is 4.91. The summed E-state index contributed by atoms with van der Waals surface area (Å²) in [6, 6.07) is 12.3. The number of halogens is 1. The van der Waals surface area contributed by atoms with Crippen molar-refractivity contribution in [3.05, 3.63) is 63.8 Å². The van der Waals surface area contributed by atoms with Crippen LogP contribution in [0.1, 0.15) is 29.8 Å². The lowest BCUT2D eigenvalue weighted by molar-refractivity contribution is 0.101. The standard InChI is InChI=1S/C20H18BrNO4/c1-3-22(4-2)20(24)25-15-8-9-16-17(12-15)26-18(19(16)23)11-13-6-5-7-14(21)10-13/h5-12H,3-4H2,1-2H3/b18-11-. The van der Waals surface area contributed by atoms with E-state index in [0.717, 1.165) is 10.0 Å². The molecule has 0 radical (unpaired) electrons. The summed E-state index contributed by atoms with van der Waals surface area (Å²) in [4.78, 5) is 26.1. The highest BCUT2D eigenvalue weighted by Crippen LogP contribution is 2.35. The van der Waals surface area contributed by atoms with Gasteiger partial charge in [0, 0.05) is 23.6 Å². The van der Waals surface area contributed by atoms with E-state index in [1.807, 2.05) is 38.1 Å². The van der Waals surface area contributed by atoms with Gasteiger partial charge in [-0.2, -0.15) is 0 Å². The van der Waals surface area contributed by atoms with E-state index in [9.17, 15) is 9.59 Å². The SMILES string of the molecule is CCN(CC)C(=O)Oc1ccc2c(c1)O/C(=C\c1cccc(Br)c1)C2=O. The molecule has 5 nitrogen and oxygen atoms in total. The first-order valence-electron chi connectivity index (χ1n) is 8.32. The summed E-state index contributed by atoms with van der Waals surface area (Å²) < 4.78 is 12.0. The first-order chi connectivity index (χ1) is 12.5. The Morgan fingerprint density at radius 2 is 1.96 bits per heavy atom. The number of allylic oxidation sites excluding steroid dienone is 1. The second-order valence-corrected chi connectivity index (χ2v) is 6.61. The van der Waals surface area contributed by atoms with Crippen molar-refractivity contribution in [1.82, 2.24) is 4.90 Å². The second-order valence-electron chi connectivity index (χ2n) is 5.69. The summed E-state index contributed by atoms with van der Waals surface area (Å²) in [6.45, 7) is 4.89. The highest BCUT2D eigenvalue weighted by Gasteiger charge is 2.28. The van der Waals surface area contributed by atoms with Gasteiger partial charge in [-0.1, -0.05) is 28.1 Å². The molecule has 0 saturated heterocycles. The predicted molar refractivity (Wildman–Crippen MR) is 102 cm³/mol. The van der Waals surface area contributed by atoms with Gasteiger partial charge in [0.1, 0.15) is 11.5 Å². The smallest absolute Gasteiger partial charge is 0.415 e. The molecule has 134 valence electrons. The van der Waals surface area contributed by atoms with Crippen LogP contribution in [0.3, 0.4) is 0 Å². The number of amides is 1. The minimum atomic E-state index is -0.427. The molecule has 0 aliphatic carbocycles. The van der Waals surface area contributed by atoms with Gasteiger partial charge in [-0.3, -0.25) is 4.79 Å². The van der Waals surface area contributed by atoms with Crippen molar-refractivity contribution in [2.75, 3.05) is 13.1 Å². The molecule has 0 atom stereocenters. The fourth-order valence-electron chi connectivity index (χ4n) is 2.63. The van der Waals surface area contributed by atoms with Crippen molar-refractivity contribution in [2.24, 2.45) is 0 Å². The van der Waals surface area contributed by atoms with E-state index in [0.29, 0.717) is 30.2 Å². The zero-order chi connectivity index (χ0) is 18.7. The lowest BCUT2D eigenvalue weighted by Crippen LogP contribution is -2.33. The largest absolute Gasteiger partial charge is 0.452 e. The van der Waals surface area contributed by atoms with E-state index in [-0.39, 0.29) is 11.5 Å². The maximum atomic E-state index is 12.5. The van der Waals surface area contributed by atoms with E-state index in [1.165, 1.54) is 0 Å². The lowest BCUT2D eigenvalue weighted by atomic mass is 10.1. The van der Waals surface area contributed by atoms with E-state index in [1.54, 1.807) is 29.2 Å². The molecule has 1 aliphatic rings. The Bertz CT molecular complexity index is 887. The molecule has 0 N–H and O–H groups in total. The van der Waals surface area contributed by atoms with Gasteiger partial charge in [0.25, 0.3) is 0 Å². The number of hydrogen-bond donors (Lipinski definition) is 0. The molecule has 2 aromatic rings. The molecule has 3 rings (SSSR count). The molecule has 6 heteroatoms. The number of carbonyl (C=O) groups is 2. The second kappa shape index (κ2) is 7.74. The number of fused-ring (bicyclic) bond motifs is 1. The number of rotatable bonds is 4. The summed E-state index contributed by atoms with van der Waals surface area (Å²) >= 11 is 3.40. The van der Waals surface area contributed by atoms with E-state index in [4.69, 9.17) is 9.47 Å². The van der Waals surface area contributed by atoms with E-state index < -0.39 is 6.09 Å². The number of ether oxygens (including phenoxy) is 2. The Labute approximate surface area is 160 Å². The molecule has 1 amide bonds. The number of nitrogens with zero attached hydrogens (tertiary/aromatic N) is 1. The van der Waals surface area contributed by atoms with Crippen LogP contribution in [0.25, 0.3) is 6.08 Å². The van der Waals surface area contributed by atoms with Gasteiger partial charge in [0.05, 0.1) is 5.56 Å². The zero-order valence-electron chi connectivity index (χ0n) is 14.5. The summed E-state index contributed by atoms with van der Waals surface area (Å²) in [5.41, 5.74) is 1.30. The minimum Gasteiger partial charge on any atom is -0.452 e. The summed E-state index contributed by atoms with van der Waals surface area (Å²) in [5.74, 6) is 0.783.